The molecule has 3 aromatic rings. The van der Waals surface area contributed by atoms with Crippen molar-refractivity contribution in [2.24, 2.45) is 0 Å². The van der Waals surface area contributed by atoms with Crippen LogP contribution in [0.25, 0.3) is 0 Å². The Morgan fingerprint density at radius 3 is 2.41 bits per heavy atom. The van der Waals surface area contributed by atoms with E-state index in [0.29, 0.717) is 35.2 Å². The van der Waals surface area contributed by atoms with Crippen LogP contribution in [0.15, 0.2) is 52.7 Å². The van der Waals surface area contributed by atoms with Crippen LogP contribution in [0.3, 0.4) is 0 Å². The molecule has 2 aromatic carbocycles. The molecule has 32 heavy (non-hydrogen) atoms. The number of rotatable bonds is 9. The van der Waals surface area contributed by atoms with Crippen LogP contribution in [-0.4, -0.2) is 45.4 Å². The van der Waals surface area contributed by atoms with Gasteiger partial charge < -0.3 is 19.5 Å². The molecule has 0 aliphatic rings. The number of aromatic nitrogens is 1. The van der Waals surface area contributed by atoms with E-state index in [1.54, 1.807) is 42.8 Å². The summed E-state index contributed by atoms with van der Waals surface area (Å²) in [5.41, 5.74) is 0.788. The lowest BCUT2D eigenvalue weighted by atomic mass is 10.2. The molecule has 3 rings (SSSR count). The van der Waals surface area contributed by atoms with Gasteiger partial charge in [-0.05, 0) is 38.1 Å². The van der Waals surface area contributed by atoms with Crippen LogP contribution in [0.1, 0.15) is 22.4 Å². The van der Waals surface area contributed by atoms with Gasteiger partial charge in [0.05, 0.1) is 16.5 Å². The topological polar surface area (TPSA) is 104 Å². The molecule has 1 N–H and O–H groups in total. The van der Waals surface area contributed by atoms with Crippen LogP contribution in [0.2, 0.25) is 0 Å². The first-order valence-corrected chi connectivity index (χ1v) is 12.4. The van der Waals surface area contributed by atoms with Gasteiger partial charge >= 0.3 is 0 Å². The molecule has 0 bridgehead atoms. The zero-order valence-corrected chi connectivity index (χ0v) is 19.7. The van der Waals surface area contributed by atoms with Gasteiger partial charge in [-0.15, -0.1) is 11.3 Å². The lowest BCUT2D eigenvalue weighted by Gasteiger charge is -2.16. The molecular formula is C22H24N2O6S2. The molecule has 1 aromatic heterocycles. The normalized spacial score (nSPS) is 12.2. The first kappa shape index (κ1) is 23.7. The number of ether oxygens (including phenoxy) is 3. The summed E-state index contributed by atoms with van der Waals surface area (Å²) < 4.78 is 40.2. The fourth-order valence-electron chi connectivity index (χ4n) is 2.83. The molecule has 1 heterocycles. The third-order valence-corrected chi connectivity index (χ3v) is 6.12. The number of hydrogen-bond acceptors (Lipinski definition) is 8. The number of carbonyl (C=O) groups excluding carboxylic acids is 1. The monoisotopic (exact) mass is 476 g/mol. The number of amides is 1. The number of benzene rings is 2. The molecular weight excluding hydrogens is 452 g/mol. The van der Waals surface area contributed by atoms with Crippen molar-refractivity contribution in [1.82, 2.24) is 4.98 Å². The summed E-state index contributed by atoms with van der Waals surface area (Å²) in [4.78, 5) is 16.9. The Hall–Kier alpha value is -2.95. The van der Waals surface area contributed by atoms with Gasteiger partial charge in [0.1, 0.15) is 29.0 Å². The summed E-state index contributed by atoms with van der Waals surface area (Å²) in [7, 11) is -1.72. The molecule has 0 aliphatic heterocycles. The van der Waals surface area contributed by atoms with Crippen molar-refractivity contribution in [3.05, 3.63) is 58.5 Å². The molecule has 1 amide bonds. The number of thiazole rings is 1. The average Bonchev–Trinajstić information content (AvgIpc) is 3.14. The smallest absolute Gasteiger partial charge is 0.275 e. The maximum atomic E-state index is 12.5. The van der Waals surface area contributed by atoms with Gasteiger partial charge in [0.2, 0.25) is 0 Å². The van der Waals surface area contributed by atoms with Crippen LogP contribution in [0, 0.1) is 6.92 Å². The number of aryl methyl sites for hydroxylation is 1. The summed E-state index contributed by atoms with van der Waals surface area (Å²) in [6, 6.07) is 11.1. The van der Waals surface area contributed by atoms with Crippen LogP contribution >= 0.6 is 11.3 Å². The third kappa shape index (κ3) is 6.52. The molecule has 1 atom stereocenters. The van der Waals surface area contributed by atoms with E-state index in [9.17, 15) is 13.2 Å². The van der Waals surface area contributed by atoms with Gasteiger partial charge in [-0.2, -0.15) is 0 Å². The fraction of sp³-hybridized carbons (Fsp3) is 0.273. The first-order valence-electron chi connectivity index (χ1n) is 9.66. The van der Waals surface area contributed by atoms with Crippen molar-refractivity contribution in [3.8, 4) is 17.2 Å². The van der Waals surface area contributed by atoms with Crippen LogP contribution in [-0.2, 0) is 14.6 Å². The minimum Gasteiger partial charge on any atom is -0.488 e. The minimum atomic E-state index is -3.30. The Morgan fingerprint density at radius 1 is 1.12 bits per heavy atom. The Balaban J connectivity index is 1.86. The second-order valence-corrected chi connectivity index (χ2v) is 10.2. The highest BCUT2D eigenvalue weighted by Crippen LogP contribution is 2.31. The van der Waals surface area contributed by atoms with Gasteiger partial charge in [0.15, 0.2) is 9.84 Å². The lowest BCUT2D eigenvalue weighted by molar-refractivity contribution is 0.0920. The van der Waals surface area contributed by atoms with Crippen molar-refractivity contribution >= 4 is 32.8 Å². The molecule has 8 nitrogen and oxygen atoms in total. The van der Waals surface area contributed by atoms with Gasteiger partial charge in [0, 0.05) is 42.6 Å². The highest BCUT2D eigenvalue weighted by Gasteiger charge is 2.14. The number of nitrogens with one attached hydrogen (secondary N) is 1. The van der Waals surface area contributed by atoms with Crippen molar-refractivity contribution in [2.75, 3.05) is 25.3 Å². The van der Waals surface area contributed by atoms with Gasteiger partial charge in [-0.25, -0.2) is 13.4 Å². The first-order chi connectivity index (χ1) is 15.1. The Kier molecular flexibility index (Phi) is 7.49. The van der Waals surface area contributed by atoms with E-state index in [1.165, 1.54) is 23.5 Å². The van der Waals surface area contributed by atoms with E-state index in [-0.39, 0.29) is 16.9 Å². The van der Waals surface area contributed by atoms with E-state index in [2.05, 4.69) is 10.3 Å². The Bertz CT molecular complexity index is 1190. The summed E-state index contributed by atoms with van der Waals surface area (Å²) in [5.74, 6) is 0.973. The third-order valence-electron chi connectivity index (χ3n) is 4.22. The van der Waals surface area contributed by atoms with Crippen LogP contribution in [0.5, 0.6) is 17.2 Å². The average molecular weight is 477 g/mol. The van der Waals surface area contributed by atoms with Crippen molar-refractivity contribution in [3.63, 3.8) is 0 Å². The lowest BCUT2D eigenvalue weighted by Crippen LogP contribution is -2.18. The maximum Gasteiger partial charge on any atom is 0.275 e. The second-order valence-electron chi connectivity index (χ2n) is 7.13. The number of carbonyl (C=O) groups is 1. The van der Waals surface area contributed by atoms with E-state index >= 15 is 0 Å². The van der Waals surface area contributed by atoms with Crippen LogP contribution < -0.4 is 14.8 Å². The second kappa shape index (κ2) is 10.1. The molecule has 0 unspecified atom stereocenters. The summed E-state index contributed by atoms with van der Waals surface area (Å²) >= 11 is 1.39. The quantitative estimate of drug-likeness (QED) is 0.491. The number of methoxy groups -OCH3 is 1. The van der Waals surface area contributed by atoms with E-state index in [4.69, 9.17) is 14.2 Å². The summed E-state index contributed by atoms with van der Waals surface area (Å²) in [6.07, 6.45) is 0.915. The van der Waals surface area contributed by atoms with Gasteiger partial charge in [-0.1, -0.05) is 0 Å². The highest BCUT2D eigenvalue weighted by atomic mass is 32.2. The summed E-state index contributed by atoms with van der Waals surface area (Å²) in [5, 5.41) is 5.29. The van der Waals surface area contributed by atoms with E-state index in [1.807, 2.05) is 13.8 Å². The van der Waals surface area contributed by atoms with Gasteiger partial charge in [0.25, 0.3) is 5.91 Å². The SMILES string of the molecule is COC[C@H](C)Oc1cc(NC(=O)c2csc(C)n2)cc(Oc2ccc(S(C)(=O)=O)cc2)c1. The molecule has 0 saturated carbocycles. The Morgan fingerprint density at radius 2 is 1.81 bits per heavy atom. The fourth-order valence-corrected chi connectivity index (χ4v) is 4.05. The Labute approximate surface area is 191 Å². The van der Waals surface area contributed by atoms with Crippen molar-refractivity contribution in [2.45, 2.75) is 24.8 Å². The van der Waals surface area contributed by atoms with Crippen LogP contribution in [0.4, 0.5) is 5.69 Å². The minimum absolute atomic E-state index is 0.196. The molecule has 170 valence electrons. The summed E-state index contributed by atoms with van der Waals surface area (Å²) in [6.45, 7) is 4.07. The van der Waals surface area contributed by atoms with E-state index in [0.717, 1.165) is 11.3 Å². The maximum absolute atomic E-state index is 12.5. The van der Waals surface area contributed by atoms with Gasteiger partial charge in [-0.3, -0.25) is 4.79 Å². The molecule has 10 heteroatoms. The zero-order chi connectivity index (χ0) is 23.3. The molecule has 0 aliphatic carbocycles. The number of sulfone groups is 1. The van der Waals surface area contributed by atoms with Crippen molar-refractivity contribution in [1.29, 1.82) is 0 Å². The largest absolute Gasteiger partial charge is 0.488 e. The molecule has 0 radical (unpaired) electrons. The molecule has 0 spiro atoms. The molecule has 0 fully saturated rings. The number of hydrogen-bond donors (Lipinski definition) is 1. The zero-order valence-electron chi connectivity index (χ0n) is 18.1. The van der Waals surface area contributed by atoms with E-state index < -0.39 is 9.84 Å². The molecule has 0 saturated heterocycles. The standard InChI is InChI=1S/C22H24N2O6S2/c1-14(12-28-3)29-18-9-16(24-22(25)21-13-31-15(2)23-21)10-19(11-18)30-17-5-7-20(8-6-17)32(4,26)27/h5-11,13-14H,12H2,1-4H3,(H,24,25)/t14-/m0/s1. The number of anilines is 1. The highest BCUT2D eigenvalue weighted by molar-refractivity contribution is 7.90. The predicted molar refractivity (Wildman–Crippen MR) is 123 cm³/mol. The predicted octanol–water partition coefficient (Wildman–Crippen LogP) is 4.31. The number of nitrogens with zero attached hydrogens (tertiary/aromatic N) is 1. The van der Waals surface area contributed by atoms with Crippen molar-refractivity contribution < 1.29 is 27.4 Å².